The Bertz CT molecular complexity index is 1370. The van der Waals surface area contributed by atoms with Crippen LogP contribution in [-0.4, -0.2) is 46.0 Å². The molecule has 10 heteroatoms. The maximum absolute atomic E-state index is 13.4. The lowest BCUT2D eigenvalue weighted by molar-refractivity contribution is 0.0999. The molecule has 8 nitrogen and oxygen atoms in total. The van der Waals surface area contributed by atoms with Crippen LogP contribution in [0.2, 0.25) is 5.02 Å². The van der Waals surface area contributed by atoms with Gasteiger partial charge in [0.05, 0.1) is 17.7 Å². The summed E-state index contributed by atoms with van der Waals surface area (Å²) in [6.45, 7) is 2.73. The third-order valence-electron chi connectivity index (χ3n) is 6.28. The molecule has 196 valence electrons. The molecule has 3 aromatic rings. The number of rotatable bonds is 10. The first kappa shape index (κ1) is 26.8. The highest BCUT2D eigenvalue weighted by atomic mass is 35.5. The molecule has 1 saturated heterocycles. The van der Waals surface area contributed by atoms with E-state index in [1.54, 1.807) is 42.5 Å². The number of likely N-dealkylation sites (tertiary alicyclic amines) is 1. The Balaban J connectivity index is 1.58. The fourth-order valence-corrected chi connectivity index (χ4v) is 5.62. The fraction of sp³-hybridized carbons (Fsp3) is 0.296. The van der Waals surface area contributed by atoms with Crippen molar-refractivity contribution in [1.29, 1.82) is 0 Å². The van der Waals surface area contributed by atoms with Crippen molar-refractivity contribution >= 4 is 33.2 Å². The van der Waals surface area contributed by atoms with Crippen LogP contribution in [0.4, 0.5) is 5.69 Å². The zero-order chi connectivity index (χ0) is 26.4. The monoisotopic (exact) mass is 543 g/mol. The number of ether oxygens (including phenoxy) is 2. The number of primary amides is 1. The van der Waals surface area contributed by atoms with E-state index in [1.165, 1.54) is 31.7 Å². The molecular weight excluding hydrogens is 514 g/mol. The lowest BCUT2D eigenvalue weighted by Crippen LogP contribution is -2.32. The van der Waals surface area contributed by atoms with Gasteiger partial charge in [-0.1, -0.05) is 30.2 Å². The Morgan fingerprint density at radius 1 is 1.00 bits per heavy atom. The van der Waals surface area contributed by atoms with Gasteiger partial charge in [-0.05, 0) is 80.4 Å². The van der Waals surface area contributed by atoms with E-state index in [4.69, 9.17) is 26.8 Å². The van der Waals surface area contributed by atoms with E-state index in [9.17, 15) is 13.2 Å². The predicted octanol–water partition coefficient (Wildman–Crippen LogP) is 5.07. The van der Waals surface area contributed by atoms with Gasteiger partial charge in [-0.25, -0.2) is 8.42 Å². The summed E-state index contributed by atoms with van der Waals surface area (Å²) in [4.78, 5) is 14.4. The number of piperidine rings is 1. The molecule has 4 rings (SSSR count). The Hall–Kier alpha value is -3.27. The van der Waals surface area contributed by atoms with Crippen LogP contribution in [0, 0.1) is 0 Å². The van der Waals surface area contributed by atoms with E-state index in [0.29, 0.717) is 34.1 Å². The van der Waals surface area contributed by atoms with Crippen molar-refractivity contribution in [2.75, 3.05) is 31.5 Å². The van der Waals surface area contributed by atoms with E-state index < -0.39 is 15.9 Å². The van der Waals surface area contributed by atoms with Gasteiger partial charge >= 0.3 is 0 Å². The molecule has 0 atom stereocenters. The molecule has 3 N–H and O–H groups in total. The highest BCUT2D eigenvalue weighted by Crippen LogP contribution is 2.37. The second-order valence-electron chi connectivity index (χ2n) is 8.83. The van der Waals surface area contributed by atoms with Gasteiger partial charge in [0.1, 0.15) is 0 Å². The number of para-hydroxylation sites is 2. The Kier molecular flexibility index (Phi) is 8.58. The smallest absolute Gasteiger partial charge is 0.262 e. The molecule has 37 heavy (non-hydrogen) atoms. The van der Waals surface area contributed by atoms with E-state index in [1.807, 2.05) is 0 Å². The Labute approximate surface area is 222 Å². The summed E-state index contributed by atoms with van der Waals surface area (Å²) >= 11 is 6.04. The molecule has 0 bridgehead atoms. The molecule has 0 saturated carbocycles. The van der Waals surface area contributed by atoms with Gasteiger partial charge < -0.3 is 20.1 Å². The standard InChI is InChI=1S/C27H30ClN3O5S/c1-35-26-18-20(28)9-12-25(26)36-24-8-4-3-7-23(24)30-37(33,34)21-10-11-22(27(29)32)19(17-21)13-16-31-14-5-2-6-15-31/h3-4,7-12,17-18,30H,2,5-6,13-16H2,1H3,(H2,29,32). The number of nitrogens with two attached hydrogens (primary N) is 1. The SMILES string of the molecule is COc1cc(Cl)ccc1Oc1ccccc1NS(=O)(=O)c1ccc(C(N)=O)c(CCN2CCCCC2)c1. The van der Waals surface area contributed by atoms with Crippen molar-refractivity contribution in [2.24, 2.45) is 5.73 Å². The number of hydrogen-bond donors (Lipinski definition) is 2. The number of halogens is 1. The molecular formula is C27H30ClN3O5S. The zero-order valence-electron chi connectivity index (χ0n) is 20.6. The van der Waals surface area contributed by atoms with Crippen molar-refractivity contribution in [2.45, 2.75) is 30.6 Å². The summed E-state index contributed by atoms with van der Waals surface area (Å²) in [5.74, 6) is 0.488. The largest absolute Gasteiger partial charge is 0.493 e. The van der Waals surface area contributed by atoms with E-state index in [-0.39, 0.29) is 16.3 Å². The number of carbonyl (C=O) groups is 1. The number of sulfonamides is 1. The first-order valence-corrected chi connectivity index (χ1v) is 13.9. The van der Waals surface area contributed by atoms with Crippen LogP contribution in [0.1, 0.15) is 35.2 Å². The van der Waals surface area contributed by atoms with Crippen LogP contribution in [-0.2, 0) is 16.4 Å². The molecule has 0 aliphatic carbocycles. The number of benzene rings is 3. The third kappa shape index (κ3) is 6.74. The number of hydrogen-bond acceptors (Lipinski definition) is 6. The second-order valence-corrected chi connectivity index (χ2v) is 11.0. The third-order valence-corrected chi connectivity index (χ3v) is 7.87. The first-order chi connectivity index (χ1) is 17.8. The molecule has 3 aromatic carbocycles. The molecule has 0 radical (unpaired) electrons. The van der Waals surface area contributed by atoms with E-state index in [0.717, 1.165) is 32.5 Å². The van der Waals surface area contributed by atoms with Crippen LogP contribution in [0.25, 0.3) is 0 Å². The molecule has 0 unspecified atom stereocenters. The lowest BCUT2D eigenvalue weighted by Gasteiger charge is -2.26. The summed E-state index contributed by atoms with van der Waals surface area (Å²) in [7, 11) is -2.51. The minimum Gasteiger partial charge on any atom is -0.493 e. The zero-order valence-corrected chi connectivity index (χ0v) is 22.1. The summed E-state index contributed by atoms with van der Waals surface area (Å²) < 4.78 is 40.7. The number of nitrogens with zero attached hydrogens (tertiary/aromatic N) is 1. The number of methoxy groups -OCH3 is 1. The first-order valence-electron chi connectivity index (χ1n) is 12.0. The molecule has 0 spiro atoms. The van der Waals surface area contributed by atoms with Gasteiger partial charge in [-0.15, -0.1) is 0 Å². The Morgan fingerprint density at radius 2 is 1.76 bits per heavy atom. The lowest BCUT2D eigenvalue weighted by atomic mass is 10.0. The predicted molar refractivity (Wildman–Crippen MR) is 144 cm³/mol. The highest BCUT2D eigenvalue weighted by molar-refractivity contribution is 7.92. The van der Waals surface area contributed by atoms with Crippen LogP contribution in [0.5, 0.6) is 17.2 Å². The normalized spacial score (nSPS) is 14.2. The van der Waals surface area contributed by atoms with Crippen molar-refractivity contribution < 1.29 is 22.7 Å². The molecule has 1 aliphatic rings. The van der Waals surface area contributed by atoms with Crippen molar-refractivity contribution in [3.8, 4) is 17.2 Å². The number of nitrogens with one attached hydrogen (secondary N) is 1. The van der Waals surface area contributed by atoms with E-state index >= 15 is 0 Å². The number of carbonyl (C=O) groups excluding carboxylic acids is 1. The minimum absolute atomic E-state index is 0.0324. The average molecular weight is 544 g/mol. The number of amides is 1. The van der Waals surface area contributed by atoms with Crippen molar-refractivity contribution in [3.05, 3.63) is 76.8 Å². The van der Waals surface area contributed by atoms with Crippen LogP contribution < -0.4 is 19.9 Å². The molecule has 1 aliphatic heterocycles. The summed E-state index contributed by atoms with van der Waals surface area (Å²) in [5.41, 5.74) is 6.76. The quantitative estimate of drug-likeness (QED) is 0.369. The summed E-state index contributed by atoms with van der Waals surface area (Å²) in [6.07, 6.45) is 4.03. The maximum Gasteiger partial charge on any atom is 0.262 e. The fourth-order valence-electron chi connectivity index (χ4n) is 4.33. The summed E-state index contributed by atoms with van der Waals surface area (Å²) in [5, 5.41) is 0.480. The van der Waals surface area contributed by atoms with Gasteiger partial charge in [0.15, 0.2) is 17.2 Å². The molecule has 0 aromatic heterocycles. The molecule has 1 fully saturated rings. The van der Waals surface area contributed by atoms with Gasteiger partial charge in [-0.2, -0.15) is 0 Å². The van der Waals surface area contributed by atoms with Gasteiger partial charge in [0.2, 0.25) is 5.91 Å². The molecule has 1 amide bonds. The van der Waals surface area contributed by atoms with Gasteiger partial charge in [-0.3, -0.25) is 9.52 Å². The topological polar surface area (TPSA) is 111 Å². The number of anilines is 1. The van der Waals surface area contributed by atoms with Crippen LogP contribution in [0.3, 0.4) is 0 Å². The van der Waals surface area contributed by atoms with Crippen LogP contribution >= 0.6 is 11.6 Å². The highest BCUT2D eigenvalue weighted by Gasteiger charge is 2.21. The average Bonchev–Trinajstić information content (AvgIpc) is 2.89. The van der Waals surface area contributed by atoms with Crippen molar-refractivity contribution in [1.82, 2.24) is 4.90 Å². The Morgan fingerprint density at radius 3 is 2.49 bits per heavy atom. The molecule has 1 heterocycles. The summed E-state index contributed by atoms with van der Waals surface area (Å²) in [6, 6.07) is 16.0. The van der Waals surface area contributed by atoms with Crippen LogP contribution in [0.15, 0.2) is 65.6 Å². The second kappa shape index (κ2) is 11.9. The van der Waals surface area contributed by atoms with E-state index in [2.05, 4.69) is 9.62 Å². The minimum atomic E-state index is -4.01. The van der Waals surface area contributed by atoms with Crippen molar-refractivity contribution in [3.63, 3.8) is 0 Å². The maximum atomic E-state index is 13.4. The van der Waals surface area contributed by atoms with Gasteiger partial charge in [0, 0.05) is 23.2 Å². The van der Waals surface area contributed by atoms with Gasteiger partial charge in [0.25, 0.3) is 10.0 Å².